The fourth-order valence-electron chi connectivity index (χ4n) is 2.87. The molecule has 0 aromatic heterocycles. The average molecular weight is 342 g/mol. The minimum absolute atomic E-state index is 0.104. The lowest BCUT2D eigenvalue weighted by Gasteiger charge is -2.26. The number of hydrogen-bond donors (Lipinski definition) is 1. The predicted molar refractivity (Wildman–Crippen MR) is 90.3 cm³/mol. The van der Waals surface area contributed by atoms with Gasteiger partial charge in [0.25, 0.3) is 5.91 Å². The Labute approximate surface area is 142 Å². The number of ether oxygens (including phenoxy) is 3. The van der Waals surface area contributed by atoms with Crippen LogP contribution in [0.3, 0.4) is 0 Å². The summed E-state index contributed by atoms with van der Waals surface area (Å²) in [5, 5.41) is 3.34. The molecule has 23 heavy (non-hydrogen) atoms. The Balaban J connectivity index is 2.04. The molecule has 0 bridgehead atoms. The molecule has 1 aliphatic rings. The highest BCUT2D eigenvalue weighted by atomic mass is 35.5. The largest absolute Gasteiger partial charge is 0.487 e. The van der Waals surface area contributed by atoms with E-state index in [1.54, 1.807) is 32.4 Å². The molecule has 0 radical (unpaired) electrons. The molecule has 1 N–H and O–H groups in total. The summed E-state index contributed by atoms with van der Waals surface area (Å²) in [7, 11) is 3.21. The van der Waals surface area contributed by atoms with Crippen molar-refractivity contribution in [3.63, 3.8) is 0 Å². The van der Waals surface area contributed by atoms with Crippen LogP contribution in [0.4, 0.5) is 5.69 Å². The Kier molecular flexibility index (Phi) is 6.27. The SMILES string of the molecule is COC[C@@H](C)Oc1ccc(NC(=O)C2(OC)CCCC2)cc1Cl. The predicted octanol–water partition coefficient (Wildman–Crippen LogP) is 3.65. The summed E-state index contributed by atoms with van der Waals surface area (Å²) in [6.07, 6.45) is 3.41. The molecule has 6 heteroatoms. The van der Waals surface area contributed by atoms with Gasteiger partial charge in [0.1, 0.15) is 17.5 Å². The number of anilines is 1. The number of amides is 1. The van der Waals surface area contributed by atoms with E-state index in [2.05, 4.69) is 5.32 Å². The number of hydrogen-bond acceptors (Lipinski definition) is 4. The molecule has 1 aliphatic carbocycles. The van der Waals surface area contributed by atoms with Crippen molar-refractivity contribution < 1.29 is 19.0 Å². The van der Waals surface area contributed by atoms with E-state index >= 15 is 0 Å². The summed E-state index contributed by atoms with van der Waals surface area (Å²) >= 11 is 6.24. The fourth-order valence-corrected chi connectivity index (χ4v) is 3.10. The highest BCUT2D eigenvalue weighted by Gasteiger charge is 2.41. The van der Waals surface area contributed by atoms with E-state index in [9.17, 15) is 4.79 Å². The van der Waals surface area contributed by atoms with Gasteiger partial charge in [0.2, 0.25) is 0 Å². The van der Waals surface area contributed by atoms with E-state index in [0.29, 0.717) is 23.1 Å². The van der Waals surface area contributed by atoms with E-state index < -0.39 is 5.60 Å². The molecule has 2 rings (SSSR count). The molecule has 1 aromatic rings. The maximum absolute atomic E-state index is 12.5. The molecule has 1 saturated carbocycles. The van der Waals surface area contributed by atoms with Gasteiger partial charge in [-0.25, -0.2) is 0 Å². The molecule has 0 saturated heterocycles. The average Bonchev–Trinajstić information content (AvgIpc) is 3.00. The number of halogens is 1. The van der Waals surface area contributed by atoms with Crippen molar-refractivity contribution in [1.82, 2.24) is 0 Å². The van der Waals surface area contributed by atoms with Crippen molar-refractivity contribution in [3.8, 4) is 5.75 Å². The minimum atomic E-state index is -0.714. The zero-order valence-corrected chi connectivity index (χ0v) is 14.6. The summed E-state index contributed by atoms with van der Waals surface area (Å²) in [4.78, 5) is 12.5. The molecule has 1 fully saturated rings. The summed E-state index contributed by atoms with van der Waals surface area (Å²) in [5.41, 5.74) is -0.0793. The van der Waals surface area contributed by atoms with Gasteiger partial charge in [0.15, 0.2) is 0 Å². The van der Waals surface area contributed by atoms with Crippen LogP contribution in [0.15, 0.2) is 18.2 Å². The maximum Gasteiger partial charge on any atom is 0.256 e. The Morgan fingerprint density at radius 1 is 1.35 bits per heavy atom. The fraction of sp³-hybridized carbons (Fsp3) is 0.588. The van der Waals surface area contributed by atoms with E-state index in [1.165, 1.54) is 0 Å². The smallest absolute Gasteiger partial charge is 0.256 e. The molecule has 0 unspecified atom stereocenters. The number of carbonyl (C=O) groups excluding carboxylic acids is 1. The molecular formula is C17H24ClNO4. The first-order valence-corrected chi connectivity index (χ1v) is 8.20. The van der Waals surface area contributed by atoms with Gasteiger partial charge in [0.05, 0.1) is 11.6 Å². The second-order valence-electron chi connectivity index (χ2n) is 5.89. The summed E-state index contributed by atoms with van der Waals surface area (Å²) in [6.45, 7) is 2.38. The lowest BCUT2D eigenvalue weighted by Crippen LogP contribution is -2.42. The van der Waals surface area contributed by atoms with E-state index in [-0.39, 0.29) is 12.0 Å². The van der Waals surface area contributed by atoms with Crippen LogP contribution < -0.4 is 10.1 Å². The van der Waals surface area contributed by atoms with Gasteiger partial charge in [-0.2, -0.15) is 0 Å². The Bertz CT molecular complexity index is 543. The highest BCUT2D eigenvalue weighted by Crippen LogP contribution is 2.35. The summed E-state index contributed by atoms with van der Waals surface area (Å²) in [5.74, 6) is 0.450. The Morgan fingerprint density at radius 3 is 2.61 bits per heavy atom. The van der Waals surface area contributed by atoms with E-state index in [1.807, 2.05) is 6.92 Å². The highest BCUT2D eigenvalue weighted by molar-refractivity contribution is 6.32. The van der Waals surface area contributed by atoms with Gasteiger partial charge in [-0.1, -0.05) is 11.6 Å². The lowest BCUT2D eigenvalue weighted by atomic mass is 10.0. The monoisotopic (exact) mass is 341 g/mol. The Hall–Kier alpha value is -1.30. The van der Waals surface area contributed by atoms with Gasteiger partial charge in [-0.3, -0.25) is 4.79 Å². The first kappa shape index (κ1) is 18.0. The third kappa shape index (κ3) is 4.37. The van der Waals surface area contributed by atoms with Crippen molar-refractivity contribution >= 4 is 23.2 Å². The number of benzene rings is 1. The number of carbonyl (C=O) groups is 1. The van der Waals surface area contributed by atoms with Crippen molar-refractivity contribution in [1.29, 1.82) is 0 Å². The van der Waals surface area contributed by atoms with Gasteiger partial charge in [0, 0.05) is 19.9 Å². The van der Waals surface area contributed by atoms with Gasteiger partial charge < -0.3 is 19.5 Å². The van der Waals surface area contributed by atoms with Crippen LogP contribution in [-0.4, -0.2) is 38.4 Å². The van der Waals surface area contributed by atoms with Gasteiger partial charge in [-0.05, 0) is 50.8 Å². The first-order valence-electron chi connectivity index (χ1n) is 7.82. The molecule has 0 spiro atoms. The molecule has 1 aromatic carbocycles. The zero-order chi connectivity index (χ0) is 16.9. The lowest BCUT2D eigenvalue weighted by molar-refractivity contribution is -0.136. The minimum Gasteiger partial charge on any atom is -0.487 e. The van der Waals surface area contributed by atoms with Crippen molar-refractivity contribution in [2.75, 3.05) is 26.1 Å². The number of nitrogens with one attached hydrogen (secondary N) is 1. The van der Waals surface area contributed by atoms with Gasteiger partial charge in [-0.15, -0.1) is 0 Å². The second kappa shape index (κ2) is 7.99. The van der Waals surface area contributed by atoms with Crippen LogP contribution in [0.25, 0.3) is 0 Å². The van der Waals surface area contributed by atoms with E-state index in [4.69, 9.17) is 25.8 Å². The van der Waals surface area contributed by atoms with Crippen LogP contribution in [0.1, 0.15) is 32.6 Å². The quantitative estimate of drug-likeness (QED) is 0.822. The molecule has 0 heterocycles. The molecule has 128 valence electrons. The number of rotatable bonds is 7. The van der Waals surface area contributed by atoms with Crippen LogP contribution >= 0.6 is 11.6 Å². The molecule has 1 amide bonds. The second-order valence-corrected chi connectivity index (χ2v) is 6.30. The summed E-state index contributed by atoms with van der Waals surface area (Å²) in [6, 6.07) is 5.21. The first-order chi connectivity index (χ1) is 11.0. The van der Waals surface area contributed by atoms with Crippen LogP contribution in [0, 0.1) is 0 Å². The summed E-state index contributed by atoms with van der Waals surface area (Å²) < 4.78 is 16.2. The number of methoxy groups -OCH3 is 2. The molecule has 0 aliphatic heterocycles. The van der Waals surface area contributed by atoms with Crippen LogP contribution in [0.5, 0.6) is 5.75 Å². The third-order valence-corrected chi connectivity index (χ3v) is 4.43. The third-order valence-electron chi connectivity index (χ3n) is 4.14. The van der Waals surface area contributed by atoms with Crippen LogP contribution in [0.2, 0.25) is 5.02 Å². The normalized spacial score (nSPS) is 17.7. The van der Waals surface area contributed by atoms with Crippen molar-refractivity contribution in [2.24, 2.45) is 0 Å². The van der Waals surface area contributed by atoms with Crippen molar-refractivity contribution in [3.05, 3.63) is 23.2 Å². The van der Waals surface area contributed by atoms with Gasteiger partial charge >= 0.3 is 0 Å². The molecular weight excluding hydrogens is 318 g/mol. The maximum atomic E-state index is 12.5. The standard InChI is InChI=1S/C17H24ClNO4/c1-12(11-21-2)23-15-7-6-13(10-14(15)18)19-16(20)17(22-3)8-4-5-9-17/h6-7,10,12H,4-5,8-9,11H2,1-3H3,(H,19,20)/t12-/m1/s1. The zero-order valence-electron chi connectivity index (χ0n) is 13.9. The van der Waals surface area contributed by atoms with E-state index in [0.717, 1.165) is 25.7 Å². The topological polar surface area (TPSA) is 56.8 Å². The molecule has 5 nitrogen and oxygen atoms in total. The van der Waals surface area contributed by atoms with Crippen LogP contribution in [-0.2, 0) is 14.3 Å². The molecule has 1 atom stereocenters. The van der Waals surface area contributed by atoms with Crippen molar-refractivity contribution in [2.45, 2.75) is 44.3 Å². The Morgan fingerprint density at radius 2 is 2.04 bits per heavy atom.